The van der Waals surface area contributed by atoms with Crippen molar-refractivity contribution in [3.63, 3.8) is 0 Å². The van der Waals surface area contributed by atoms with Crippen molar-refractivity contribution in [2.24, 2.45) is 0 Å². The van der Waals surface area contributed by atoms with Gasteiger partial charge in [0, 0.05) is 10.9 Å². The van der Waals surface area contributed by atoms with E-state index < -0.39 is 0 Å². The van der Waals surface area contributed by atoms with Gasteiger partial charge in [-0.3, -0.25) is 0 Å². The van der Waals surface area contributed by atoms with Crippen LogP contribution in [0.15, 0.2) is 53.1 Å². The molecule has 2 heterocycles. The standard InChI is InChI=1S/C15H12ClNO2/c16-15-12(9-18-10-13-5-3-7-19-13)8-11-4-1-2-6-14(11)17-15/h1-8H,9-10H2. The molecule has 3 aromatic rings. The number of nitrogens with zero attached hydrogens (tertiary/aromatic N) is 1. The summed E-state index contributed by atoms with van der Waals surface area (Å²) in [6, 6.07) is 13.6. The van der Waals surface area contributed by atoms with Crippen molar-refractivity contribution in [2.45, 2.75) is 13.2 Å². The number of hydrogen-bond acceptors (Lipinski definition) is 3. The minimum atomic E-state index is 0.414. The topological polar surface area (TPSA) is 35.3 Å². The molecule has 2 aromatic heterocycles. The number of ether oxygens (including phenoxy) is 1. The lowest BCUT2D eigenvalue weighted by Crippen LogP contribution is -1.96. The summed E-state index contributed by atoms with van der Waals surface area (Å²) in [4.78, 5) is 4.35. The Hall–Kier alpha value is -1.84. The van der Waals surface area contributed by atoms with Crippen LogP contribution in [0.5, 0.6) is 0 Å². The van der Waals surface area contributed by atoms with E-state index >= 15 is 0 Å². The molecular weight excluding hydrogens is 262 g/mol. The first-order valence-electron chi connectivity index (χ1n) is 5.97. The lowest BCUT2D eigenvalue weighted by molar-refractivity contribution is 0.0929. The third-order valence-electron chi connectivity index (χ3n) is 2.83. The molecule has 19 heavy (non-hydrogen) atoms. The van der Waals surface area contributed by atoms with Crippen LogP contribution in [0.3, 0.4) is 0 Å². The van der Waals surface area contributed by atoms with Crippen LogP contribution in [0.2, 0.25) is 5.15 Å². The Labute approximate surface area is 115 Å². The summed E-state index contributed by atoms with van der Waals surface area (Å²) in [5.41, 5.74) is 1.77. The summed E-state index contributed by atoms with van der Waals surface area (Å²) in [5, 5.41) is 1.54. The average Bonchev–Trinajstić information content (AvgIpc) is 2.92. The molecule has 96 valence electrons. The van der Waals surface area contributed by atoms with Crippen LogP contribution in [-0.2, 0) is 18.0 Å². The highest BCUT2D eigenvalue weighted by atomic mass is 35.5. The number of aromatic nitrogens is 1. The molecule has 0 fully saturated rings. The molecule has 4 heteroatoms. The Morgan fingerprint density at radius 1 is 1.11 bits per heavy atom. The Bertz CT molecular complexity index is 680. The van der Waals surface area contributed by atoms with Crippen molar-refractivity contribution >= 4 is 22.5 Å². The van der Waals surface area contributed by atoms with Gasteiger partial charge in [-0.1, -0.05) is 29.8 Å². The van der Waals surface area contributed by atoms with Crippen molar-refractivity contribution < 1.29 is 9.15 Å². The van der Waals surface area contributed by atoms with Gasteiger partial charge in [0.25, 0.3) is 0 Å². The molecule has 0 bridgehead atoms. The van der Waals surface area contributed by atoms with E-state index in [1.165, 1.54) is 0 Å². The maximum Gasteiger partial charge on any atom is 0.135 e. The molecule has 0 unspecified atom stereocenters. The molecule has 1 aromatic carbocycles. The summed E-state index contributed by atoms with van der Waals surface area (Å²) in [5.74, 6) is 0.796. The minimum Gasteiger partial charge on any atom is -0.467 e. The maximum atomic E-state index is 6.15. The number of rotatable bonds is 4. The zero-order chi connectivity index (χ0) is 13.1. The largest absolute Gasteiger partial charge is 0.467 e. The molecule has 0 atom stereocenters. The van der Waals surface area contributed by atoms with Crippen LogP contribution in [0.1, 0.15) is 11.3 Å². The number of hydrogen-bond donors (Lipinski definition) is 0. The van der Waals surface area contributed by atoms with Gasteiger partial charge in [-0.2, -0.15) is 0 Å². The summed E-state index contributed by atoms with van der Waals surface area (Å²) >= 11 is 6.15. The second kappa shape index (κ2) is 5.43. The van der Waals surface area contributed by atoms with E-state index in [-0.39, 0.29) is 0 Å². The fraction of sp³-hybridized carbons (Fsp3) is 0.133. The van der Waals surface area contributed by atoms with Crippen LogP contribution in [0.4, 0.5) is 0 Å². The molecule has 0 amide bonds. The van der Waals surface area contributed by atoms with Gasteiger partial charge in [0.2, 0.25) is 0 Å². The van der Waals surface area contributed by atoms with E-state index in [2.05, 4.69) is 4.98 Å². The van der Waals surface area contributed by atoms with Gasteiger partial charge < -0.3 is 9.15 Å². The van der Waals surface area contributed by atoms with Crippen LogP contribution in [0, 0.1) is 0 Å². The van der Waals surface area contributed by atoms with Gasteiger partial charge in [-0.15, -0.1) is 0 Å². The Morgan fingerprint density at radius 3 is 2.84 bits per heavy atom. The second-order valence-corrected chi connectivity index (χ2v) is 4.56. The Balaban J connectivity index is 1.75. The van der Waals surface area contributed by atoms with Gasteiger partial charge in [0.1, 0.15) is 17.5 Å². The van der Waals surface area contributed by atoms with Crippen molar-refractivity contribution in [2.75, 3.05) is 0 Å². The molecule has 0 radical (unpaired) electrons. The second-order valence-electron chi connectivity index (χ2n) is 4.20. The summed E-state index contributed by atoms with van der Waals surface area (Å²) < 4.78 is 10.8. The Morgan fingerprint density at radius 2 is 2.00 bits per heavy atom. The number of benzene rings is 1. The highest BCUT2D eigenvalue weighted by Gasteiger charge is 2.05. The predicted molar refractivity (Wildman–Crippen MR) is 74.0 cm³/mol. The number of halogens is 1. The van der Waals surface area contributed by atoms with E-state index in [4.69, 9.17) is 20.8 Å². The van der Waals surface area contributed by atoms with E-state index in [1.807, 2.05) is 42.5 Å². The first-order chi connectivity index (χ1) is 9.33. The van der Waals surface area contributed by atoms with Crippen LogP contribution in [-0.4, -0.2) is 4.98 Å². The molecule has 0 aliphatic rings. The SMILES string of the molecule is Clc1nc2ccccc2cc1COCc1ccco1. The fourth-order valence-corrected chi connectivity index (χ4v) is 2.09. The minimum absolute atomic E-state index is 0.414. The summed E-state index contributed by atoms with van der Waals surface area (Å²) in [6.07, 6.45) is 1.63. The van der Waals surface area contributed by atoms with Crippen molar-refractivity contribution in [1.82, 2.24) is 4.98 Å². The molecule has 0 N–H and O–H groups in total. The van der Waals surface area contributed by atoms with Crippen LogP contribution >= 0.6 is 11.6 Å². The normalized spacial score (nSPS) is 11.0. The lowest BCUT2D eigenvalue weighted by Gasteiger charge is -2.06. The quantitative estimate of drug-likeness (QED) is 0.668. The molecule has 0 aliphatic carbocycles. The van der Waals surface area contributed by atoms with E-state index in [1.54, 1.807) is 6.26 Å². The smallest absolute Gasteiger partial charge is 0.135 e. The van der Waals surface area contributed by atoms with E-state index in [0.29, 0.717) is 18.4 Å². The lowest BCUT2D eigenvalue weighted by atomic mass is 10.2. The van der Waals surface area contributed by atoms with Gasteiger partial charge in [-0.05, 0) is 24.3 Å². The predicted octanol–water partition coefficient (Wildman–Crippen LogP) is 4.20. The van der Waals surface area contributed by atoms with Crippen molar-refractivity contribution in [3.8, 4) is 0 Å². The molecule has 3 rings (SSSR count). The number of para-hydroxylation sites is 1. The zero-order valence-electron chi connectivity index (χ0n) is 10.2. The monoisotopic (exact) mass is 273 g/mol. The maximum absolute atomic E-state index is 6.15. The number of fused-ring (bicyclic) bond motifs is 1. The number of pyridine rings is 1. The number of furan rings is 1. The highest BCUT2D eigenvalue weighted by molar-refractivity contribution is 6.30. The first kappa shape index (κ1) is 12.2. The third-order valence-corrected chi connectivity index (χ3v) is 3.16. The van der Waals surface area contributed by atoms with E-state index in [9.17, 15) is 0 Å². The third kappa shape index (κ3) is 2.78. The van der Waals surface area contributed by atoms with E-state index in [0.717, 1.165) is 22.2 Å². The van der Waals surface area contributed by atoms with Crippen molar-refractivity contribution in [3.05, 3.63) is 65.2 Å². The Kier molecular flexibility index (Phi) is 3.49. The van der Waals surface area contributed by atoms with Crippen LogP contribution < -0.4 is 0 Å². The molecular formula is C15H12ClNO2. The molecule has 0 saturated heterocycles. The summed E-state index contributed by atoms with van der Waals surface area (Å²) in [7, 11) is 0. The summed E-state index contributed by atoms with van der Waals surface area (Å²) in [6.45, 7) is 0.841. The van der Waals surface area contributed by atoms with Gasteiger partial charge in [-0.25, -0.2) is 4.98 Å². The van der Waals surface area contributed by atoms with Crippen molar-refractivity contribution in [1.29, 1.82) is 0 Å². The highest BCUT2D eigenvalue weighted by Crippen LogP contribution is 2.21. The average molecular weight is 274 g/mol. The molecule has 0 saturated carbocycles. The first-order valence-corrected chi connectivity index (χ1v) is 6.35. The molecule has 3 nitrogen and oxygen atoms in total. The zero-order valence-corrected chi connectivity index (χ0v) is 10.9. The fourth-order valence-electron chi connectivity index (χ4n) is 1.89. The van der Waals surface area contributed by atoms with Crippen LogP contribution in [0.25, 0.3) is 10.9 Å². The van der Waals surface area contributed by atoms with Gasteiger partial charge in [0.15, 0.2) is 0 Å². The van der Waals surface area contributed by atoms with Gasteiger partial charge >= 0.3 is 0 Å². The molecule has 0 spiro atoms. The van der Waals surface area contributed by atoms with Gasteiger partial charge in [0.05, 0.1) is 18.4 Å². The molecule has 0 aliphatic heterocycles.